The van der Waals surface area contributed by atoms with Crippen molar-refractivity contribution in [2.75, 3.05) is 5.73 Å². The molecule has 4 N–H and O–H groups in total. The highest BCUT2D eigenvalue weighted by atomic mass is 16.5. The van der Waals surface area contributed by atoms with Crippen LogP contribution in [0.3, 0.4) is 0 Å². The molecule has 15 heavy (non-hydrogen) atoms. The summed E-state index contributed by atoms with van der Waals surface area (Å²) in [7, 11) is 0. The fourth-order valence-electron chi connectivity index (χ4n) is 1.31. The number of amides is 1. The summed E-state index contributed by atoms with van der Waals surface area (Å²) >= 11 is 0. The molecule has 1 rings (SSSR count). The first-order valence-corrected chi connectivity index (χ1v) is 4.65. The third-order valence-electron chi connectivity index (χ3n) is 1.79. The summed E-state index contributed by atoms with van der Waals surface area (Å²) in [4.78, 5) is 15.2. The minimum atomic E-state index is -0.560. The quantitative estimate of drug-likeness (QED) is 0.772. The van der Waals surface area contributed by atoms with E-state index >= 15 is 0 Å². The van der Waals surface area contributed by atoms with Crippen molar-refractivity contribution in [3.8, 4) is 5.75 Å². The molecule has 0 fully saturated rings. The number of nitrogens with zero attached hydrogens (tertiary/aromatic N) is 1. The van der Waals surface area contributed by atoms with Crippen LogP contribution in [-0.2, 0) is 0 Å². The Morgan fingerprint density at radius 1 is 1.53 bits per heavy atom. The van der Waals surface area contributed by atoms with Crippen LogP contribution in [0, 0.1) is 6.92 Å². The molecule has 1 heterocycles. The molecule has 0 atom stereocenters. The Labute approximate surface area is 88.4 Å². The van der Waals surface area contributed by atoms with Crippen molar-refractivity contribution in [3.05, 3.63) is 17.3 Å². The maximum Gasteiger partial charge on any atom is 0.254 e. The van der Waals surface area contributed by atoms with Gasteiger partial charge in [-0.15, -0.1) is 0 Å². The second-order valence-corrected chi connectivity index (χ2v) is 3.54. The average Bonchev–Trinajstić information content (AvgIpc) is 1.99. The zero-order chi connectivity index (χ0) is 11.6. The van der Waals surface area contributed by atoms with Crippen LogP contribution in [-0.4, -0.2) is 17.0 Å². The van der Waals surface area contributed by atoms with Gasteiger partial charge in [0.1, 0.15) is 17.1 Å². The van der Waals surface area contributed by atoms with Crippen LogP contribution in [0.25, 0.3) is 0 Å². The van der Waals surface area contributed by atoms with Crippen molar-refractivity contribution in [2.45, 2.75) is 26.9 Å². The van der Waals surface area contributed by atoms with Crippen molar-refractivity contribution in [2.24, 2.45) is 5.73 Å². The molecule has 0 aliphatic rings. The summed E-state index contributed by atoms with van der Waals surface area (Å²) in [5.74, 6) is 0.145. The smallest absolute Gasteiger partial charge is 0.254 e. The lowest BCUT2D eigenvalue weighted by Gasteiger charge is -2.14. The van der Waals surface area contributed by atoms with E-state index in [4.69, 9.17) is 16.2 Å². The topological polar surface area (TPSA) is 91.2 Å². The van der Waals surface area contributed by atoms with Crippen molar-refractivity contribution in [1.82, 2.24) is 4.98 Å². The van der Waals surface area contributed by atoms with Gasteiger partial charge in [-0.1, -0.05) is 0 Å². The predicted molar refractivity (Wildman–Crippen MR) is 57.7 cm³/mol. The number of aromatic nitrogens is 1. The first kappa shape index (κ1) is 11.3. The number of nitrogens with two attached hydrogens (primary N) is 2. The van der Waals surface area contributed by atoms with Gasteiger partial charge in [0, 0.05) is 6.07 Å². The molecule has 5 heteroatoms. The van der Waals surface area contributed by atoms with Crippen molar-refractivity contribution >= 4 is 11.7 Å². The lowest BCUT2D eigenvalue weighted by atomic mass is 10.1. The number of primary amides is 1. The highest BCUT2D eigenvalue weighted by Crippen LogP contribution is 2.23. The largest absolute Gasteiger partial charge is 0.490 e. The van der Waals surface area contributed by atoms with Crippen molar-refractivity contribution in [1.29, 1.82) is 0 Å². The van der Waals surface area contributed by atoms with Gasteiger partial charge in [0.15, 0.2) is 0 Å². The second-order valence-electron chi connectivity index (χ2n) is 3.54. The van der Waals surface area contributed by atoms with Gasteiger partial charge in [0.05, 0.1) is 11.8 Å². The van der Waals surface area contributed by atoms with Gasteiger partial charge in [-0.05, 0) is 20.8 Å². The van der Waals surface area contributed by atoms with E-state index in [0.717, 1.165) is 0 Å². The first-order valence-electron chi connectivity index (χ1n) is 4.65. The number of anilines is 1. The summed E-state index contributed by atoms with van der Waals surface area (Å²) in [5, 5.41) is 0. The lowest BCUT2D eigenvalue weighted by molar-refractivity contribution is 0.0993. The lowest BCUT2D eigenvalue weighted by Crippen LogP contribution is -2.18. The molecular weight excluding hydrogens is 194 g/mol. The van der Waals surface area contributed by atoms with Gasteiger partial charge >= 0.3 is 0 Å². The fraction of sp³-hybridized carbons (Fsp3) is 0.400. The molecule has 0 bridgehead atoms. The Balaban J connectivity index is 3.27. The summed E-state index contributed by atoms with van der Waals surface area (Å²) in [6, 6.07) is 1.51. The van der Waals surface area contributed by atoms with Gasteiger partial charge in [-0.2, -0.15) is 0 Å². The molecule has 82 valence electrons. The Kier molecular flexibility index (Phi) is 3.14. The average molecular weight is 209 g/mol. The van der Waals surface area contributed by atoms with Crippen LogP contribution >= 0.6 is 0 Å². The van der Waals surface area contributed by atoms with E-state index in [9.17, 15) is 4.79 Å². The molecule has 0 unspecified atom stereocenters. The second kappa shape index (κ2) is 4.16. The highest BCUT2D eigenvalue weighted by molar-refractivity contribution is 5.97. The molecule has 0 radical (unpaired) electrons. The minimum Gasteiger partial charge on any atom is -0.490 e. The summed E-state index contributed by atoms with van der Waals surface area (Å²) in [5.41, 5.74) is 11.6. The number of aryl methyl sites for hydroxylation is 1. The van der Waals surface area contributed by atoms with E-state index in [-0.39, 0.29) is 11.7 Å². The SMILES string of the molecule is Cc1nc(N)cc(OC(C)C)c1C(N)=O. The van der Waals surface area contributed by atoms with Crippen LogP contribution < -0.4 is 16.2 Å². The van der Waals surface area contributed by atoms with Crippen molar-refractivity contribution < 1.29 is 9.53 Å². The normalized spacial score (nSPS) is 10.4. The molecule has 0 aliphatic carbocycles. The van der Waals surface area contributed by atoms with Crippen LogP contribution in [0.5, 0.6) is 5.75 Å². The Morgan fingerprint density at radius 2 is 2.13 bits per heavy atom. The van der Waals surface area contributed by atoms with E-state index in [1.165, 1.54) is 6.07 Å². The number of hydrogen-bond acceptors (Lipinski definition) is 4. The summed E-state index contributed by atoms with van der Waals surface area (Å²) in [6.07, 6.45) is -0.0516. The Hall–Kier alpha value is -1.78. The minimum absolute atomic E-state index is 0.0516. The number of pyridine rings is 1. The molecule has 1 aromatic heterocycles. The zero-order valence-corrected chi connectivity index (χ0v) is 9.07. The molecule has 5 nitrogen and oxygen atoms in total. The van der Waals surface area contributed by atoms with Gasteiger partial charge in [-0.3, -0.25) is 4.79 Å². The number of carbonyl (C=O) groups is 1. The monoisotopic (exact) mass is 209 g/mol. The van der Waals surface area contributed by atoms with Crippen LogP contribution in [0.4, 0.5) is 5.82 Å². The van der Waals surface area contributed by atoms with E-state index in [0.29, 0.717) is 17.3 Å². The van der Waals surface area contributed by atoms with Crippen molar-refractivity contribution in [3.63, 3.8) is 0 Å². The molecule has 0 saturated heterocycles. The summed E-state index contributed by atoms with van der Waals surface area (Å²) in [6.45, 7) is 5.39. The van der Waals surface area contributed by atoms with E-state index in [1.54, 1.807) is 6.92 Å². The van der Waals surface area contributed by atoms with Crippen LogP contribution in [0.1, 0.15) is 29.9 Å². The number of hydrogen-bond donors (Lipinski definition) is 2. The van der Waals surface area contributed by atoms with E-state index in [2.05, 4.69) is 4.98 Å². The molecular formula is C10H15N3O2. The van der Waals surface area contributed by atoms with E-state index < -0.39 is 5.91 Å². The standard InChI is InChI=1S/C10H15N3O2/c1-5(2)15-7-4-8(11)13-6(3)9(7)10(12)14/h4-5H,1-3H3,(H2,11,13)(H2,12,14). The van der Waals surface area contributed by atoms with Gasteiger partial charge < -0.3 is 16.2 Å². The van der Waals surface area contributed by atoms with Gasteiger partial charge in [0.25, 0.3) is 5.91 Å². The number of rotatable bonds is 3. The first-order chi connectivity index (χ1) is 6.91. The predicted octanol–water partition coefficient (Wildman–Crippen LogP) is 0.858. The Bertz CT molecular complexity index is 388. The highest BCUT2D eigenvalue weighted by Gasteiger charge is 2.15. The zero-order valence-electron chi connectivity index (χ0n) is 9.07. The third kappa shape index (κ3) is 2.59. The van der Waals surface area contributed by atoms with Crippen LogP contribution in [0.15, 0.2) is 6.07 Å². The third-order valence-corrected chi connectivity index (χ3v) is 1.79. The Morgan fingerprint density at radius 3 is 2.60 bits per heavy atom. The molecule has 0 spiro atoms. The fourth-order valence-corrected chi connectivity index (χ4v) is 1.31. The molecule has 1 aromatic rings. The molecule has 0 aromatic carbocycles. The van der Waals surface area contributed by atoms with Gasteiger partial charge in [0.2, 0.25) is 0 Å². The molecule has 1 amide bonds. The van der Waals surface area contributed by atoms with E-state index in [1.807, 2.05) is 13.8 Å². The summed E-state index contributed by atoms with van der Waals surface area (Å²) < 4.78 is 5.45. The van der Waals surface area contributed by atoms with Crippen LogP contribution in [0.2, 0.25) is 0 Å². The molecule has 0 saturated carbocycles. The van der Waals surface area contributed by atoms with Gasteiger partial charge in [-0.25, -0.2) is 4.98 Å². The number of nitrogen functional groups attached to an aromatic ring is 1. The number of carbonyl (C=O) groups excluding carboxylic acids is 1. The number of ether oxygens (including phenoxy) is 1. The molecule has 0 aliphatic heterocycles. The maximum atomic E-state index is 11.2. The maximum absolute atomic E-state index is 11.2.